The van der Waals surface area contributed by atoms with Crippen LogP contribution in [0, 0.1) is 0 Å². The van der Waals surface area contributed by atoms with E-state index in [1.54, 1.807) is 32.4 Å². The molecule has 2 saturated heterocycles. The number of aromatic nitrogens is 3. The summed E-state index contributed by atoms with van der Waals surface area (Å²) >= 11 is 14.1. The van der Waals surface area contributed by atoms with Crippen LogP contribution in [0.1, 0.15) is 60.2 Å². The number of likely N-dealkylation sites (N-methyl/N-ethyl adjacent to an activating group) is 1. The van der Waals surface area contributed by atoms with Crippen LogP contribution in [-0.4, -0.2) is 99.4 Å². The molecule has 3 aliphatic heterocycles. The first-order valence-electron chi connectivity index (χ1n) is 18.5. The summed E-state index contributed by atoms with van der Waals surface area (Å²) in [6.07, 6.45) is 6.01. The minimum absolute atomic E-state index is 0.0942. The summed E-state index contributed by atoms with van der Waals surface area (Å²) in [5, 5.41) is 7.31. The Hall–Kier alpha value is -4.49. The van der Waals surface area contributed by atoms with E-state index in [9.17, 15) is 14.4 Å². The lowest BCUT2D eigenvalue weighted by Gasteiger charge is -2.32. The fourth-order valence-corrected chi connectivity index (χ4v) is 8.51. The van der Waals surface area contributed by atoms with Crippen LogP contribution in [0.15, 0.2) is 48.7 Å². The molecule has 4 aromatic rings. The number of rotatable bonds is 9. The van der Waals surface area contributed by atoms with Gasteiger partial charge in [-0.25, -0.2) is 4.98 Å². The van der Waals surface area contributed by atoms with Crippen molar-refractivity contribution in [2.24, 2.45) is 7.05 Å². The number of amides is 3. The number of methoxy groups -OCH3 is 1. The zero-order chi connectivity index (χ0) is 38.1. The van der Waals surface area contributed by atoms with E-state index in [2.05, 4.69) is 20.5 Å². The number of benzene rings is 2. The lowest BCUT2D eigenvalue weighted by atomic mass is 10.0. The zero-order valence-electron chi connectivity index (χ0n) is 31.1. The second-order valence-corrected chi connectivity index (χ2v) is 15.1. The van der Waals surface area contributed by atoms with E-state index in [-0.39, 0.29) is 23.7 Å². The molecule has 5 heterocycles. The molecule has 0 saturated carbocycles. The summed E-state index contributed by atoms with van der Waals surface area (Å²) in [7, 11) is 5.47. The molecule has 284 valence electrons. The lowest BCUT2D eigenvalue weighted by molar-refractivity contribution is -0.136. The van der Waals surface area contributed by atoms with Crippen molar-refractivity contribution in [3.8, 4) is 28.1 Å². The molecular weight excluding hydrogens is 727 g/mol. The first kappa shape index (κ1) is 37.8. The van der Waals surface area contributed by atoms with Gasteiger partial charge in [-0.05, 0) is 57.5 Å². The number of ether oxygens (including phenoxy) is 1. The Morgan fingerprint density at radius 3 is 2.44 bits per heavy atom. The van der Waals surface area contributed by atoms with Crippen LogP contribution >= 0.6 is 23.2 Å². The Kier molecular flexibility index (Phi) is 11.3. The molecule has 0 bridgehead atoms. The first-order chi connectivity index (χ1) is 26.0. The number of fused-ring (bicyclic) bond motifs is 1. The van der Waals surface area contributed by atoms with E-state index in [1.807, 2.05) is 58.8 Å². The van der Waals surface area contributed by atoms with Crippen molar-refractivity contribution in [2.45, 2.75) is 64.2 Å². The summed E-state index contributed by atoms with van der Waals surface area (Å²) in [4.78, 5) is 53.8. The number of anilines is 1. The predicted molar refractivity (Wildman–Crippen MR) is 210 cm³/mol. The molecule has 7 rings (SSSR count). The summed E-state index contributed by atoms with van der Waals surface area (Å²) in [6.45, 7) is 5.67. The maximum Gasteiger partial charge on any atom is 0.291 e. The van der Waals surface area contributed by atoms with Crippen LogP contribution in [0.4, 0.5) is 5.69 Å². The maximum absolute atomic E-state index is 13.7. The van der Waals surface area contributed by atoms with Gasteiger partial charge in [0, 0.05) is 86.8 Å². The van der Waals surface area contributed by atoms with Crippen LogP contribution in [0.3, 0.4) is 0 Å². The van der Waals surface area contributed by atoms with Gasteiger partial charge in [0.25, 0.3) is 5.91 Å². The number of carbonyl (C=O) groups excluding carboxylic acids is 3. The summed E-state index contributed by atoms with van der Waals surface area (Å²) in [5.41, 5.74) is 5.77. The van der Waals surface area contributed by atoms with E-state index in [4.69, 9.17) is 32.9 Å². The lowest BCUT2D eigenvalue weighted by Crippen LogP contribution is -2.46. The van der Waals surface area contributed by atoms with E-state index in [1.165, 1.54) is 0 Å². The fraction of sp³-hybridized carbons (Fsp3) is 0.425. The first-order valence-corrected chi connectivity index (χ1v) is 19.2. The third-order valence-electron chi connectivity index (χ3n) is 11.1. The number of hydrogen-bond acceptors (Lipinski definition) is 8. The average Bonchev–Trinajstić information content (AvgIpc) is 3.76. The molecule has 3 amide bonds. The molecule has 2 fully saturated rings. The summed E-state index contributed by atoms with van der Waals surface area (Å²) < 4.78 is 7.60. The number of piperidine rings is 1. The zero-order valence-corrected chi connectivity index (χ0v) is 32.6. The molecule has 2 aromatic carbocycles. The van der Waals surface area contributed by atoms with Crippen molar-refractivity contribution in [1.82, 2.24) is 34.6 Å². The highest BCUT2D eigenvalue weighted by molar-refractivity contribution is 6.39. The van der Waals surface area contributed by atoms with Gasteiger partial charge in [-0.15, -0.1) is 0 Å². The minimum Gasteiger partial charge on any atom is -0.496 e. The van der Waals surface area contributed by atoms with E-state index in [0.717, 1.165) is 67.8 Å². The van der Waals surface area contributed by atoms with Gasteiger partial charge >= 0.3 is 0 Å². The van der Waals surface area contributed by atoms with Gasteiger partial charge in [0.2, 0.25) is 11.8 Å². The Labute approximate surface area is 325 Å². The second kappa shape index (κ2) is 16.1. The fourth-order valence-electron chi connectivity index (χ4n) is 7.91. The standard InChI is InChI=1S/C40H46Cl2N8O4/c1-24(51)49-18-13-27(14-19-49)44-22-26-11-10-25(21-34(26)54-4)37-36(42)29(12-16-43-37)28-7-5-8-30(35(28)41)46-39(52)38-45-31-23-50(20-15-32(31)48(38)3)40(53)33-9-6-17-47(33)2/h5,7-8,10-12,16,21,27,33,44H,6,9,13-15,17-20,22-23H2,1-4H3,(H,46,52)/t33-/m0/s1. The van der Waals surface area contributed by atoms with Crippen molar-refractivity contribution in [2.75, 3.05) is 45.7 Å². The largest absolute Gasteiger partial charge is 0.496 e. The number of nitrogens with zero attached hydrogens (tertiary/aromatic N) is 6. The number of nitrogens with one attached hydrogen (secondary N) is 2. The Balaban J connectivity index is 1.06. The topological polar surface area (TPSA) is 125 Å². The van der Waals surface area contributed by atoms with E-state index < -0.39 is 5.91 Å². The minimum atomic E-state index is -0.399. The van der Waals surface area contributed by atoms with Crippen LogP contribution < -0.4 is 15.4 Å². The van der Waals surface area contributed by atoms with E-state index in [0.29, 0.717) is 70.4 Å². The van der Waals surface area contributed by atoms with Crippen molar-refractivity contribution >= 4 is 46.6 Å². The highest BCUT2D eigenvalue weighted by Gasteiger charge is 2.35. The van der Waals surface area contributed by atoms with Crippen molar-refractivity contribution < 1.29 is 19.1 Å². The van der Waals surface area contributed by atoms with Gasteiger partial charge in [0.15, 0.2) is 5.82 Å². The van der Waals surface area contributed by atoms with E-state index >= 15 is 0 Å². The monoisotopic (exact) mass is 772 g/mol. The molecular formula is C40H46Cl2N8O4. The molecule has 0 aliphatic carbocycles. The molecule has 0 spiro atoms. The van der Waals surface area contributed by atoms with Gasteiger partial charge < -0.3 is 29.7 Å². The predicted octanol–water partition coefficient (Wildman–Crippen LogP) is 5.80. The number of carbonyl (C=O) groups is 3. The normalized spacial score (nSPS) is 17.8. The average molecular weight is 774 g/mol. The number of likely N-dealkylation sites (tertiary alicyclic amines) is 2. The Morgan fingerprint density at radius 1 is 0.944 bits per heavy atom. The van der Waals surface area contributed by atoms with Crippen molar-refractivity contribution in [3.05, 3.63) is 81.5 Å². The smallest absolute Gasteiger partial charge is 0.291 e. The van der Waals surface area contributed by atoms with Crippen LogP contribution in [0.25, 0.3) is 22.4 Å². The molecule has 0 radical (unpaired) electrons. The number of pyridine rings is 1. The number of hydrogen-bond donors (Lipinski definition) is 2. The molecule has 2 aromatic heterocycles. The molecule has 2 N–H and O–H groups in total. The van der Waals surface area contributed by atoms with Crippen LogP contribution in [-0.2, 0) is 36.1 Å². The number of imidazole rings is 1. The highest BCUT2D eigenvalue weighted by Crippen LogP contribution is 2.41. The summed E-state index contributed by atoms with van der Waals surface area (Å²) in [6, 6.07) is 13.4. The Morgan fingerprint density at radius 2 is 1.72 bits per heavy atom. The van der Waals surface area contributed by atoms with Gasteiger partial charge in [-0.3, -0.25) is 24.3 Å². The SMILES string of the molecule is COc1cc(-c2nccc(-c3cccc(NC(=O)c4nc5c(n4C)CCN(C(=O)[C@@H]4CCCN4C)C5)c3Cl)c2Cl)ccc1CNC1CCN(C(C)=O)CC1. The Bertz CT molecular complexity index is 2080. The third kappa shape index (κ3) is 7.57. The molecule has 14 heteroatoms. The maximum atomic E-state index is 13.7. The van der Waals surface area contributed by atoms with Crippen LogP contribution in [0.2, 0.25) is 10.0 Å². The van der Waals surface area contributed by atoms with Gasteiger partial charge in [-0.2, -0.15) is 0 Å². The van der Waals surface area contributed by atoms with Crippen molar-refractivity contribution in [1.29, 1.82) is 0 Å². The third-order valence-corrected chi connectivity index (χ3v) is 11.9. The highest BCUT2D eigenvalue weighted by atomic mass is 35.5. The number of halogens is 2. The van der Waals surface area contributed by atoms with Crippen molar-refractivity contribution in [3.63, 3.8) is 0 Å². The van der Waals surface area contributed by atoms with Gasteiger partial charge in [-0.1, -0.05) is 47.5 Å². The summed E-state index contributed by atoms with van der Waals surface area (Å²) in [5.74, 6) is 0.817. The molecule has 54 heavy (non-hydrogen) atoms. The second-order valence-electron chi connectivity index (χ2n) is 14.4. The molecule has 1 atom stereocenters. The van der Waals surface area contributed by atoms with Crippen LogP contribution in [0.5, 0.6) is 5.75 Å². The quantitative estimate of drug-likeness (QED) is 0.219. The van der Waals surface area contributed by atoms with Gasteiger partial charge in [0.05, 0.1) is 46.8 Å². The molecule has 3 aliphatic rings. The van der Waals surface area contributed by atoms with Gasteiger partial charge in [0.1, 0.15) is 5.75 Å². The molecule has 0 unspecified atom stereocenters. The molecule has 12 nitrogen and oxygen atoms in total.